The third-order valence-corrected chi connectivity index (χ3v) is 5.83. The molecular weight excluding hydrogens is 356 g/mol. The van der Waals surface area contributed by atoms with Crippen LogP contribution < -0.4 is 10.1 Å². The summed E-state index contributed by atoms with van der Waals surface area (Å²) in [6.45, 7) is -0.144. The van der Waals surface area contributed by atoms with Crippen LogP contribution in [0.5, 0.6) is 5.75 Å². The highest BCUT2D eigenvalue weighted by Crippen LogP contribution is 2.26. The third-order valence-electron chi connectivity index (χ3n) is 4.08. The zero-order chi connectivity index (χ0) is 19.4. The summed E-state index contributed by atoms with van der Waals surface area (Å²) in [7, 11) is -1.39. The van der Waals surface area contributed by atoms with Crippen LogP contribution >= 0.6 is 0 Å². The van der Waals surface area contributed by atoms with Gasteiger partial charge in [-0.1, -0.05) is 31.4 Å². The number of carbonyl (C=O) groups is 1. The van der Waals surface area contributed by atoms with Crippen LogP contribution in [0.25, 0.3) is 0 Å². The number of hydrogen-bond acceptors (Lipinski definition) is 5. The van der Waals surface area contributed by atoms with Crippen LogP contribution in [0.2, 0.25) is 0 Å². The molecule has 7 nitrogen and oxygen atoms in total. The fraction of sp³-hybridized carbons (Fsp3) is 0.556. The van der Waals surface area contributed by atoms with Crippen molar-refractivity contribution in [1.82, 2.24) is 5.32 Å². The molecule has 0 unspecified atom stereocenters. The molecule has 0 atom stereocenters. The Balaban J connectivity index is 0.000000412. The Kier molecular flexibility index (Phi) is 9.52. The first kappa shape index (κ1) is 21.8. The second-order valence-electron chi connectivity index (χ2n) is 6.22. The number of hydrogen-bond donors (Lipinski definition) is 2. The molecule has 0 saturated heterocycles. The molecule has 26 heavy (non-hydrogen) atoms. The molecule has 1 aromatic carbocycles. The molecule has 2 N–H and O–H groups in total. The molecule has 8 heteroatoms. The second-order valence-corrected chi connectivity index (χ2v) is 8.33. The number of methoxy groups -OCH3 is 1. The minimum atomic E-state index is -2.99. The number of nitriles is 1. The Labute approximate surface area is 154 Å². The molecule has 144 valence electrons. The average Bonchev–Trinajstić information content (AvgIpc) is 2.61. The van der Waals surface area contributed by atoms with E-state index in [0.29, 0.717) is 11.7 Å². The number of sulfone groups is 1. The van der Waals surface area contributed by atoms with E-state index in [2.05, 4.69) is 0 Å². The fourth-order valence-electron chi connectivity index (χ4n) is 2.86. The summed E-state index contributed by atoms with van der Waals surface area (Å²) in [6.07, 6.45) is 4.60. The quantitative estimate of drug-likeness (QED) is 0.731. The van der Waals surface area contributed by atoms with E-state index in [1.165, 1.54) is 19.3 Å². The van der Waals surface area contributed by atoms with E-state index in [1.54, 1.807) is 13.2 Å². The van der Waals surface area contributed by atoms with Crippen molar-refractivity contribution in [2.45, 2.75) is 37.9 Å². The van der Waals surface area contributed by atoms with Crippen molar-refractivity contribution in [2.75, 3.05) is 19.4 Å². The van der Waals surface area contributed by atoms with E-state index in [-0.39, 0.29) is 12.3 Å². The SMILES string of the molecule is COc1ccc(CS(=O)(=O)CC2CCCCC2)cc1.N#CCNC(=O)O. The highest BCUT2D eigenvalue weighted by atomic mass is 32.2. The van der Waals surface area contributed by atoms with Gasteiger partial charge in [-0.25, -0.2) is 13.2 Å². The minimum Gasteiger partial charge on any atom is -0.497 e. The molecule has 1 aliphatic rings. The van der Waals surface area contributed by atoms with E-state index in [4.69, 9.17) is 15.1 Å². The summed E-state index contributed by atoms with van der Waals surface area (Å²) < 4.78 is 29.5. The van der Waals surface area contributed by atoms with Gasteiger partial charge < -0.3 is 15.2 Å². The van der Waals surface area contributed by atoms with Gasteiger partial charge in [0.1, 0.15) is 12.3 Å². The molecule has 0 aliphatic heterocycles. The summed E-state index contributed by atoms with van der Waals surface area (Å²) in [6, 6.07) is 8.89. The van der Waals surface area contributed by atoms with E-state index in [1.807, 2.05) is 29.6 Å². The normalized spacial score (nSPS) is 14.5. The van der Waals surface area contributed by atoms with Crippen LogP contribution in [-0.2, 0) is 15.6 Å². The molecule has 1 amide bonds. The first-order valence-electron chi connectivity index (χ1n) is 8.53. The lowest BCUT2D eigenvalue weighted by Crippen LogP contribution is -2.20. The monoisotopic (exact) mass is 382 g/mol. The van der Waals surface area contributed by atoms with E-state index < -0.39 is 15.9 Å². The predicted molar refractivity (Wildman–Crippen MR) is 98.7 cm³/mol. The third kappa shape index (κ3) is 9.28. The average molecular weight is 382 g/mol. The zero-order valence-corrected chi connectivity index (χ0v) is 15.8. The number of nitrogens with zero attached hydrogens (tertiary/aromatic N) is 1. The van der Waals surface area contributed by atoms with Gasteiger partial charge in [0.25, 0.3) is 0 Å². The van der Waals surface area contributed by atoms with Crippen LogP contribution in [0, 0.1) is 17.2 Å². The van der Waals surface area contributed by atoms with Crippen molar-refractivity contribution in [2.24, 2.45) is 5.92 Å². The Morgan fingerprint density at radius 2 is 1.88 bits per heavy atom. The van der Waals surface area contributed by atoms with Crippen LogP contribution in [0.1, 0.15) is 37.7 Å². The van der Waals surface area contributed by atoms with Crippen molar-refractivity contribution >= 4 is 15.9 Å². The van der Waals surface area contributed by atoms with Crippen molar-refractivity contribution in [1.29, 1.82) is 5.26 Å². The maximum Gasteiger partial charge on any atom is 0.405 e. The minimum absolute atomic E-state index is 0.144. The van der Waals surface area contributed by atoms with Crippen LogP contribution in [0.15, 0.2) is 24.3 Å². The molecule has 0 aromatic heterocycles. The van der Waals surface area contributed by atoms with E-state index in [0.717, 1.165) is 24.2 Å². The number of carboxylic acid groups (broad SMARTS) is 1. The fourth-order valence-corrected chi connectivity index (χ4v) is 4.73. The molecule has 1 aromatic rings. The van der Waals surface area contributed by atoms with Gasteiger partial charge in [-0.2, -0.15) is 5.26 Å². The highest BCUT2D eigenvalue weighted by Gasteiger charge is 2.21. The van der Waals surface area contributed by atoms with E-state index in [9.17, 15) is 13.2 Å². The smallest absolute Gasteiger partial charge is 0.405 e. The number of benzene rings is 1. The first-order valence-corrected chi connectivity index (χ1v) is 10.4. The van der Waals surface area contributed by atoms with Gasteiger partial charge in [0.05, 0.1) is 24.7 Å². The largest absolute Gasteiger partial charge is 0.497 e. The van der Waals surface area contributed by atoms with Crippen molar-refractivity contribution in [3.05, 3.63) is 29.8 Å². The number of ether oxygens (including phenoxy) is 1. The van der Waals surface area contributed by atoms with Gasteiger partial charge in [0, 0.05) is 0 Å². The first-order chi connectivity index (χ1) is 12.4. The summed E-state index contributed by atoms with van der Waals surface area (Å²) >= 11 is 0. The standard InChI is InChI=1S/C15H22O3S.C3H4N2O2/c1-18-15-9-7-14(8-10-15)12-19(16,17)11-13-5-3-2-4-6-13;4-1-2-5-3(6)7/h7-10,13H,2-6,11-12H2,1H3;5H,2H2,(H,6,7). The van der Waals surface area contributed by atoms with Gasteiger partial charge in [-0.3, -0.25) is 0 Å². The summed E-state index contributed by atoms with van der Waals surface area (Å²) in [5.74, 6) is 1.62. The van der Waals surface area contributed by atoms with Gasteiger partial charge in [0.2, 0.25) is 0 Å². The zero-order valence-electron chi connectivity index (χ0n) is 15.0. The molecule has 1 fully saturated rings. The highest BCUT2D eigenvalue weighted by molar-refractivity contribution is 7.90. The Hall–Kier alpha value is -2.27. The van der Waals surface area contributed by atoms with Crippen molar-refractivity contribution < 1.29 is 23.1 Å². The van der Waals surface area contributed by atoms with Crippen LogP contribution in [0.3, 0.4) is 0 Å². The molecule has 2 rings (SSSR count). The summed E-state index contributed by atoms with van der Waals surface area (Å²) in [5.41, 5.74) is 0.844. The summed E-state index contributed by atoms with van der Waals surface area (Å²) in [4.78, 5) is 9.50. The van der Waals surface area contributed by atoms with Crippen molar-refractivity contribution in [3.8, 4) is 11.8 Å². The number of amides is 1. The maximum atomic E-state index is 12.2. The molecular formula is C18H26N2O5S. The molecule has 1 aliphatic carbocycles. The Morgan fingerprint density at radius 3 is 2.35 bits per heavy atom. The lowest BCUT2D eigenvalue weighted by atomic mass is 9.91. The Bertz CT molecular complexity index is 689. The topological polar surface area (TPSA) is 116 Å². The van der Waals surface area contributed by atoms with E-state index >= 15 is 0 Å². The molecule has 0 bridgehead atoms. The molecule has 0 radical (unpaired) electrons. The van der Waals surface area contributed by atoms with Gasteiger partial charge >= 0.3 is 6.09 Å². The number of rotatable bonds is 6. The predicted octanol–water partition coefficient (Wildman–Crippen LogP) is 2.97. The van der Waals surface area contributed by atoms with Crippen LogP contribution in [0.4, 0.5) is 4.79 Å². The van der Waals surface area contributed by atoms with Gasteiger partial charge in [0.15, 0.2) is 9.84 Å². The molecule has 1 saturated carbocycles. The molecule has 0 heterocycles. The second kappa shape index (κ2) is 11.4. The van der Waals surface area contributed by atoms with Gasteiger partial charge in [-0.15, -0.1) is 0 Å². The summed E-state index contributed by atoms with van der Waals surface area (Å²) in [5, 5.41) is 17.4. The lowest BCUT2D eigenvalue weighted by Gasteiger charge is -2.21. The van der Waals surface area contributed by atoms with Crippen molar-refractivity contribution in [3.63, 3.8) is 0 Å². The van der Waals surface area contributed by atoms with Crippen LogP contribution in [-0.4, -0.2) is 39.0 Å². The van der Waals surface area contributed by atoms with Gasteiger partial charge in [-0.05, 0) is 36.5 Å². The number of nitrogens with one attached hydrogen (secondary N) is 1. The molecule has 0 spiro atoms. The lowest BCUT2D eigenvalue weighted by molar-refractivity contribution is 0.196. The Morgan fingerprint density at radius 1 is 1.27 bits per heavy atom. The maximum absolute atomic E-state index is 12.2.